The Hall–Kier alpha value is -1.00. The number of aryl methyl sites for hydroxylation is 2. The summed E-state index contributed by atoms with van der Waals surface area (Å²) in [4.78, 5) is 4.44. The maximum absolute atomic E-state index is 5.92. The molecule has 0 aliphatic rings. The molecule has 2 nitrogen and oxygen atoms in total. The van der Waals surface area contributed by atoms with E-state index in [-0.39, 0.29) is 0 Å². The average Bonchev–Trinajstić information content (AvgIpc) is 2.82. The number of ether oxygens (including phenoxy) is 1. The maximum Gasteiger partial charge on any atom is 0.140 e. The van der Waals surface area contributed by atoms with Crippen molar-refractivity contribution in [2.75, 3.05) is 0 Å². The fourth-order valence-corrected chi connectivity index (χ4v) is 2.76. The zero-order valence-corrected chi connectivity index (χ0v) is 12.6. The normalized spacial score (nSPS) is 10.7. The van der Waals surface area contributed by atoms with Crippen molar-refractivity contribution in [1.29, 1.82) is 0 Å². The van der Waals surface area contributed by atoms with Gasteiger partial charge in [-0.15, -0.1) is 11.3 Å². The van der Waals surface area contributed by atoms with E-state index >= 15 is 0 Å². The van der Waals surface area contributed by atoms with E-state index in [4.69, 9.17) is 4.74 Å². The summed E-state index contributed by atoms with van der Waals surface area (Å²) in [6.07, 6.45) is 0. The molecule has 96 valence electrons. The second kappa shape index (κ2) is 5.76. The van der Waals surface area contributed by atoms with Crippen molar-refractivity contribution in [3.63, 3.8) is 0 Å². The molecule has 0 aliphatic carbocycles. The first-order valence-electron chi connectivity index (χ1n) is 5.85. The van der Waals surface area contributed by atoms with E-state index in [2.05, 4.69) is 50.5 Å². The van der Waals surface area contributed by atoms with Crippen LogP contribution in [0.5, 0.6) is 5.75 Å². The van der Waals surface area contributed by atoms with Gasteiger partial charge >= 0.3 is 0 Å². The third-order valence-corrected chi connectivity index (χ3v) is 4.17. The van der Waals surface area contributed by atoms with E-state index in [9.17, 15) is 0 Å². The quantitative estimate of drug-likeness (QED) is 0.852. The third kappa shape index (κ3) is 2.87. The fourth-order valence-electron chi connectivity index (χ4n) is 1.77. The number of benzene rings is 1. The third-order valence-electron chi connectivity index (χ3n) is 2.97. The molecule has 0 saturated heterocycles. The largest absolute Gasteiger partial charge is 0.486 e. The molecule has 18 heavy (non-hydrogen) atoms. The number of rotatable bonds is 4. The first-order chi connectivity index (χ1) is 8.61. The summed E-state index contributed by atoms with van der Waals surface area (Å²) in [5.41, 5.74) is 4.65. The predicted octanol–water partition coefficient (Wildman–Crippen LogP) is 4.08. The van der Waals surface area contributed by atoms with E-state index < -0.39 is 0 Å². The van der Waals surface area contributed by atoms with Crippen molar-refractivity contribution in [2.24, 2.45) is 0 Å². The van der Waals surface area contributed by atoms with Crippen LogP contribution in [0.25, 0.3) is 0 Å². The van der Waals surface area contributed by atoms with Crippen LogP contribution < -0.4 is 4.74 Å². The number of aromatic nitrogens is 1. The lowest BCUT2D eigenvalue weighted by Gasteiger charge is -2.12. The molecule has 0 spiro atoms. The van der Waals surface area contributed by atoms with Crippen LogP contribution in [-0.2, 0) is 12.4 Å². The van der Waals surface area contributed by atoms with Crippen molar-refractivity contribution in [1.82, 2.24) is 4.98 Å². The second-order valence-corrected chi connectivity index (χ2v) is 5.59. The molecule has 0 N–H and O–H groups in total. The molecule has 2 rings (SSSR count). The highest BCUT2D eigenvalue weighted by Gasteiger charge is 2.08. The van der Waals surface area contributed by atoms with Crippen LogP contribution in [0, 0.1) is 20.8 Å². The summed E-state index contributed by atoms with van der Waals surface area (Å²) < 4.78 is 5.92. The van der Waals surface area contributed by atoms with Crippen LogP contribution in [0.15, 0.2) is 17.5 Å². The summed E-state index contributed by atoms with van der Waals surface area (Å²) in [6, 6.07) is 4.22. The van der Waals surface area contributed by atoms with E-state index in [1.165, 1.54) is 16.7 Å². The fraction of sp³-hybridized carbons (Fsp3) is 0.357. The van der Waals surface area contributed by atoms with Gasteiger partial charge in [0.25, 0.3) is 0 Å². The summed E-state index contributed by atoms with van der Waals surface area (Å²) in [6.45, 7) is 6.80. The summed E-state index contributed by atoms with van der Waals surface area (Å²) in [5, 5.41) is 3.03. The summed E-state index contributed by atoms with van der Waals surface area (Å²) in [7, 11) is 0. The molecule has 0 radical (unpaired) electrons. The highest BCUT2D eigenvalue weighted by atomic mass is 32.1. The van der Waals surface area contributed by atoms with Crippen LogP contribution in [0.3, 0.4) is 0 Å². The van der Waals surface area contributed by atoms with Gasteiger partial charge in [0, 0.05) is 11.1 Å². The van der Waals surface area contributed by atoms with Gasteiger partial charge in [-0.3, -0.25) is 0 Å². The number of hydrogen-bond donors (Lipinski definition) is 1. The van der Waals surface area contributed by atoms with Crippen molar-refractivity contribution in [3.05, 3.63) is 44.9 Å². The minimum atomic E-state index is 0.531. The monoisotopic (exact) mass is 279 g/mol. The van der Waals surface area contributed by atoms with Crippen LogP contribution in [-0.4, -0.2) is 4.98 Å². The molecule has 0 saturated carbocycles. The molecule has 0 atom stereocenters. The van der Waals surface area contributed by atoms with Gasteiger partial charge in [0.15, 0.2) is 0 Å². The molecule has 4 heteroatoms. The predicted molar refractivity (Wildman–Crippen MR) is 79.8 cm³/mol. The highest BCUT2D eigenvalue weighted by Crippen LogP contribution is 2.27. The molecule has 0 fully saturated rings. The van der Waals surface area contributed by atoms with Crippen LogP contribution in [0.2, 0.25) is 0 Å². The first-order valence-corrected chi connectivity index (χ1v) is 7.36. The number of nitrogens with zero attached hydrogens (tertiary/aromatic N) is 1. The number of hydrogen-bond acceptors (Lipinski definition) is 4. The van der Waals surface area contributed by atoms with Crippen molar-refractivity contribution in [3.8, 4) is 5.75 Å². The van der Waals surface area contributed by atoms with Crippen LogP contribution in [0.4, 0.5) is 0 Å². The molecule has 0 amide bonds. The Balaban J connectivity index is 2.12. The Bertz CT molecular complexity index is 549. The minimum absolute atomic E-state index is 0.531. The molecule has 1 aromatic heterocycles. The van der Waals surface area contributed by atoms with Gasteiger partial charge in [-0.1, -0.05) is 12.1 Å². The number of thiazole rings is 1. The Morgan fingerprint density at radius 2 is 1.94 bits per heavy atom. The van der Waals surface area contributed by atoms with E-state index in [1.54, 1.807) is 11.3 Å². The van der Waals surface area contributed by atoms with Gasteiger partial charge in [0.1, 0.15) is 17.4 Å². The smallest absolute Gasteiger partial charge is 0.140 e. The molecule has 2 aromatic rings. The minimum Gasteiger partial charge on any atom is -0.486 e. The van der Waals surface area contributed by atoms with Crippen LogP contribution >= 0.6 is 24.0 Å². The van der Waals surface area contributed by atoms with Gasteiger partial charge in [-0.25, -0.2) is 4.98 Å². The lowest BCUT2D eigenvalue weighted by Crippen LogP contribution is -2.00. The topological polar surface area (TPSA) is 22.1 Å². The molecule has 0 bridgehead atoms. The van der Waals surface area contributed by atoms with Crippen molar-refractivity contribution >= 4 is 24.0 Å². The van der Waals surface area contributed by atoms with E-state index in [1.807, 2.05) is 5.38 Å². The zero-order chi connectivity index (χ0) is 13.1. The Morgan fingerprint density at radius 3 is 2.61 bits per heavy atom. The molecule has 1 aromatic carbocycles. The molecule has 0 aliphatic heterocycles. The molecule has 0 unspecified atom stereocenters. The Morgan fingerprint density at radius 1 is 1.22 bits per heavy atom. The SMILES string of the molecule is Cc1ccc(C)c(OCc2nc(CS)cs2)c1C. The first kappa shape index (κ1) is 13.4. The highest BCUT2D eigenvalue weighted by molar-refractivity contribution is 7.79. The second-order valence-electron chi connectivity index (χ2n) is 4.33. The van der Waals surface area contributed by atoms with Gasteiger partial charge in [-0.2, -0.15) is 12.6 Å². The summed E-state index contributed by atoms with van der Waals surface area (Å²) in [5.74, 6) is 1.66. The van der Waals surface area contributed by atoms with E-state index in [0.29, 0.717) is 12.4 Å². The lowest BCUT2D eigenvalue weighted by atomic mass is 10.1. The van der Waals surface area contributed by atoms with E-state index in [0.717, 1.165) is 16.5 Å². The average molecular weight is 279 g/mol. The van der Waals surface area contributed by atoms with Gasteiger partial charge in [-0.05, 0) is 37.5 Å². The molecule has 1 heterocycles. The van der Waals surface area contributed by atoms with Crippen molar-refractivity contribution < 1.29 is 4.74 Å². The van der Waals surface area contributed by atoms with Gasteiger partial charge in [0.05, 0.1) is 5.69 Å². The van der Waals surface area contributed by atoms with Gasteiger partial charge in [0.2, 0.25) is 0 Å². The number of thiol groups is 1. The van der Waals surface area contributed by atoms with Crippen LogP contribution in [0.1, 0.15) is 27.4 Å². The standard InChI is InChI=1S/C14H17NOS2/c1-9-4-5-10(2)14(11(9)3)16-6-13-15-12(7-17)8-18-13/h4-5,8,17H,6-7H2,1-3H3. The van der Waals surface area contributed by atoms with Crippen molar-refractivity contribution in [2.45, 2.75) is 33.1 Å². The van der Waals surface area contributed by atoms with Gasteiger partial charge < -0.3 is 4.74 Å². The molecular weight excluding hydrogens is 262 g/mol. The molecular formula is C14H17NOS2. The Kier molecular flexibility index (Phi) is 4.30. The summed E-state index contributed by atoms with van der Waals surface area (Å²) >= 11 is 5.84. The lowest BCUT2D eigenvalue weighted by molar-refractivity contribution is 0.301. The zero-order valence-electron chi connectivity index (χ0n) is 10.9. The Labute approximate surface area is 117 Å². The maximum atomic E-state index is 5.92.